The molecule has 2 rings (SSSR count). The van der Waals surface area contributed by atoms with Crippen molar-refractivity contribution in [3.8, 4) is 5.75 Å². The SMILES string of the molecule is COc1ccc(F)cc1C1CCC(Br)C1C. The zero-order chi connectivity index (χ0) is 11.7. The second kappa shape index (κ2) is 4.74. The molecule has 3 heteroatoms. The third-order valence-electron chi connectivity index (χ3n) is 3.55. The molecular formula is C13H16BrFO. The van der Waals surface area contributed by atoms with Gasteiger partial charge in [-0.25, -0.2) is 4.39 Å². The highest BCUT2D eigenvalue weighted by Crippen LogP contribution is 2.45. The Morgan fingerprint density at radius 1 is 1.38 bits per heavy atom. The Kier molecular flexibility index (Phi) is 3.53. The average molecular weight is 287 g/mol. The molecule has 1 aromatic rings. The Morgan fingerprint density at radius 3 is 2.69 bits per heavy atom. The summed E-state index contributed by atoms with van der Waals surface area (Å²) in [5.41, 5.74) is 1.01. The van der Waals surface area contributed by atoms with Crippen LogP contribution in [0.25, 0.3) is 0 Å². The molecule has 1 fully saturated rings. The quantitative estimate of drug-likeness (QED) is 0.744. The minimum atomic E-state index is -0.180. The summed E-state index contributed by atoms with van der Waals surface area (Å²) in [5, 5.41) is 0. The maximum absolute atomic E-state index is 13.3. The summed E-state index contributed by atoms with van der Waals surface area (Å²) in [6.45, 7) is 2.21. The van der Waals surface area contributed by atoms with Gasteiger partial charge in [-0.05, 0) is 42.9 Å². The summed E-state index contributed by atoms with van der Waals surface area (Å²) in [7, 11) is 1.64. The zero-order valence-electron chi connectivity index (χ0n) is 9.54. The molecule has 0 heterocycles. The molecule has 1 aliphatic rings. The Balaban J connectivity index is 2.35. The van der Waals surface area contributed by atoms with E-state index in [-0.39, 0.29) is 5.82 Å². The average Bonchev–Trinajstić information content (AvgIpc) is 2.60. The van der Waals surface area contributed by atoms with Crippen molar-refractivity contribution < 1.29 is 9.13 Å². The summed E-state index contributed by atoms with van der Waals surface area (Å²) < 4.78 is 18.6. The van der Waals surface area contributed by atoms with Crippen LogP contribution in [0.5, 0.6) is 5.75 Å². The van der Waals surface area contributed by atoms with Crippen molar-refractivity contribution in [3.63, 3.8) is 0 Å². The lowest BCUT2D eigenvalue weighted by Gasteiger charge is -2.20. The summed E-state index contributed by atoms with van der Waals surface area (Å²) in [6, 6.07) is 4.79. The number of hydrogen-bond acceptors (Lipinski definition) is 1. The second-order valence-electron chi connectivity index (χ2n) is 4.45. The van der Waals surface area contributed by atoms with E-state index < -0.39 is 0 Å². The van der Waals surface area contributed by atoms with Crippen molar-refractivity contribution in [3.05, 3.63) is 29.6 Å². The first kappa shape index (κ1) is 11.9. The van der Waals surface area contributed by atoms with E-state index in [2.05, 4.69) is 22.9 Å². The van der Waals surface area contributed by atoms with Crippen LogP contribution in [-0.2, 0) is 0 Å². The summed E-state index contributed by atoms with van der Waals surface area (Å²) >= 11 is 3.67. The van der Waals surface area contributed by atoms with Gasteiger partial charge in [-0.1, -0.05) is 22.9 Å². The third-order valence-corrected chi connectivity index (χ3v) is 4.84. The van der Waals surface area contributed by atoms with Crippen molar-refractivity contribution in [1.82, 2.24) is 0 Å². The second-order valence-corrected chi connectivity index (χ2v) is 5.62. The van der Waals surface area contributed by atoms with E-state index in [1.54, 1.807) is 19.2 Å². The highest BCUT2D eigenvalue weighted by molar-refractivity contribution is 9.09. The standard InChI is InChI=1S/C13H16BrFO/c1-8-10(4-5-12(8)14)11-7-9(15)3-6-13(11)16-2/h3,6-8,10,12H,4-5H2,1-2H3. The predicted octanol–water partition coefficient (Wildman–Crippen LogP) is 4.11. The smallest absolute Gasteiger partial charge is 0.123 e. The molecule has 1 saturated carbocycles. The van der Waals surface area contributed by atoms with E-state index in [9.17, 15) is 4.39 Å². The van der Waals surface area contributed by atoms with Gasteiger partial charge in [0.2, 0.25) is 0 Å². The first-order valence-electron chi connectivity index (χ1n) is 5.61. The lowest BCUT2D eigenvalue weighted by molar-refractivity contribution is 0.397. The number of ether oxygens (including phenoxy) is 1. The number of benzene rings is 1. The maximum atomic E-state index is 13.3. The fourth-order valence-electron chi connectivity index (χ4n) is 2.55. The molecule has 16 heavy (non-hydrogen) atoms. The molecule has 0 amide bonds. The molecule has 0 saturated heterocycles. The van der Waals surface area contributed by atoms with Gasteiger partial charge in [0.1, 0.15) is 11.6 Å². The van der Waals surface area contributed by atoms with Gasteiger partial charge in [0.15, 0.2) is 0 Å². The Labute approximate surface area is 104 Å². The molecule has 0 bridgehead atoms. The van der Waals surface area contributed by atoms with Gasteiger partial charge in [-0.2, -0.15) is 0 Å². The van der Waals surface area contributed by atoms with Gasteiger partial charge in [0.05, 0.1) is 7.11 Å². The fourth-order valence-corrected chi connectivity index (χ4v) is 3.18. The molecule has 1 aromatic carbocycles. The molecule has 3 unspecified atom stereocenters. The van der Waals surface area contributed by atoms with Gasteiger partial charge < -0.3 is 4.74 Å². The monoisotopic (exact) mass is 286 g/mol. The van der Waals surface area contributed by atoms with E-state index in [0.717, 1.165) is 24.2 Å². The highest BCUT2D eigenvalue weighted by Gasteiger charge is 2.33. The van der Waals surface area contributed by atoms with Crippen LogP contribution in [0.1, 0.15) is 31.2 Å². The van der Waals surface area contributed by atoms with Crippen molar-refractivity contribution in [1.29, 1.82) is 0 Å². The van der Waals surface area contributed by atoms with Crippen LogP contribution < -0.4 is 4.74 Å². The third kappa shape index (κ3) is 2.10. The summed E-state index contributed by atoms with van der Waals surface area (Å²) in [5.74, 6) is 1.55. The highest BCUT2D eigenvalue weighted by atomic mass is 79.9. The Morgan fingerprint density at radius 2 is 2.12 bits per heavy atom. The van der Waals surface area contributed by atoms with E-state index >= 15 is 0 Å². The summed E-state index contributed by atoms with van der Waals surface area (Å²) in [4.78, 5) is 0.533. The fraction of sp³-hybridized carbons (Fsp3) is 0.538. The molecule has 0 aromatic heterocycles. The first-order chi connectivity index (χ1) is 7.63. The molecule has 0 N–H and O–H groups in total. The predicted molar refractivity (Wildman–Crippen MR) is 66.8 cm³/mol. The molecule has 0 aliphatic heterocycles. The Bertz CT molecular complexity index is 380. The van der Waals surface area contributed by atoms with Gasteiger partial charge in [-0.15, -0.1) is 0 Å². The van der Waals surface area contributed by atoms with Crippen LogP contribution >= 0.6 is 15.9 Å². The molecule has 1 aliphatic carbocycles. The lowest BCUT2D eigenvalue weighted by Crippen LogP contribution is -2.10. The number of alkyl halides is 1. The van der Waals surface area contributed by atoms with Crippen molar-refractivity contribution in [2.24, 2.45) is 5.92 Å². The van der Waals surface area contributed by atoms with Crippen LogP contribution in [0.3, 0.4) is 0 Å². The molecule has 0 spiro atoms. The summed E-state index contributed by atoms with van der Waals surface area (Å²) in [6.07, 6.45) is 2.24. The van der Waals surface area contributed by atoms with Crippen LogP contribution in [0.2, 0.25) is 0 Å². The van der Waals surface area contributed by atoms with E-state index in [1.165, 1.54) is 6.07 Å². The van der Waals surface area contributed by atoms with Gasteiger partial charge in [0, 0.05) is 10.4 Å². The van der Waals surface area contributed by atoms with Gasteiger partial charge >= 0.3 is 0 Å². The van der Waals surface area contributed by atoms with Crippen LogP contribution in [-0.4, -0.2) is 11.9 Å². The Hall–Kier alpha value is -0.570. The van der Waals surface area contributed by atoms with Crippen molar-refractivity contribution >= 4 is 15.9 Å². The minimum Gasteiger partial charge on any atom is -0.496 e. The molecular weight excluding hydrogens is 271 g/mol. The molecule has 88 valence electrons. The zero-order valence-corrected chi connectivity index (χ0v) is 11.1. The number of hydrogen-bond donors (Lipinski definition) is 0. The topological polar surface area (TPSA) is 9.23 Å². The minimum absolute atomic E-state index is 0.180. The van der Waals surface area contributed by atoms with E-state index in [4.69, 9.17) is 4.74 Å². The van der Waals surface area contributed by atoms with Gasteiger partial charge in [0.25, 0.3) is 0 Å². The van der Waals surface area contributed by atoms with Crippen LogP contribution in [0.4, 0.5) is 4.39 Å². The number of methoxy groups -OCH3 is 1. The maximum Gasteiger partial charge on any atom is 0.123 e. The normalized spacial score (nSPS) is 29.4. The van der Waals surface area contributed by atoms with E-state index in [0.29, 0.717) is 16.7 Å². The van der Waals surface area contributed by atoms with Crippen LogP contribution in [0.15, 0.2) is 18.2 Å². The molecule has 0 radical (unpaired) electrons. The number of rotatable bonds is 2. The largest absolute Gasteiger partial charge is 0.496 e. The van der Waals surface area contributed by atoms with Crippen LogP contribution in [0, 0.1) is 11.7 Å². The van der Waals surface area contributed by atoms with Gasteiger partial charge in [-0.3, -0.25) is 0 Å². The molecule has 3 atom stereocenters. The lowest BCUT2D eigenvalue weighted by atomic mass is 9.89. The first-order valence-corrected chi connectivity index (χ1v) is 6.52. The molecule has 1 nitrogen and oxygen atoms in total. The van der Waals surface area contributed by atoms with E-state index in [1.807, 2.05) is 0 Å². The number of halogens is 2. The van der Waals surface area contributed by atoms with Crippen molar-refractivity contribution in [2.75, 3.05) is 7.11 Å². The van der Waals surface area contributed by atoms with Crippen molar-refractivity contribution in [2.45, 2.75) is 30.5 Å².